The Morgan fingerprint density at radius 3 is 2.72 bits per heavy atom. The largest absolute Gasteiger partial charge is 0.507 e. The summed E-state index contributed by atoms with van der Waals surface area (Å²) in [5.41, 5.74) is 3.53. The van der Waals surface area contributed by atoms with Gasteiger partial charge in [-0.25, -0.2) is 0 Å². The lowest BCUT2D eigenvalue weighted by Crippen LogP contribution is -2.22. The second-order valence-corrected chi connectivity index (χ2v) is 5.03. The number of aryl methyl sites for hydroxylation is 2. The Morgan fingerprint density at radius 2 is 2.11 bits per heavy atom. The molecule has 0 aliphatic heterocycles. The van der Waals surface area contributed by atoms with Gasteiger partial charge in [0.15, 0.2) is 0 Å². The van der Waals surface area contributed by atoms with Gasteiger partial charge in [-0.05, 0) is 53.4 Å². The van der Waals surface area contributed by atoms with Crippen LogP contribution in [-0.4, -0.2) is 11.0 Å². The lowest BCUT2D eigenvalue weighted by molar-refractivity contribution is 0.0948. The van der Waals surface area contributed by atoms with E-state index in [9.17, 15) is 9.90 Å². The summed E-state index contributed by atoms with van der Waals surface area (Å²) in [5, 5.41) is 16.6. The second-order valence-electron chi connectivity index (χ2n) is 4.28. The van der Waals surface area contributed by atoms with Crippen molar-refractivity contribution in [2.45, 2.75) is 20.4 Å². The molecule has 0 radical (unpaired) electrons. The SMILES string of the molecule is Cc1ccc(C(=O)NCc2cscc2C)c(O)c1. The number of benzene rings is 1. The van der Waals surface area contributed by atoms with Crippen LogP contribution in [0.2, 0.25) is 0 Å². The Morgan fingerprint density at radius 1 is 1.33 bits per heavy atom. The smallest absolute Gasteiger partial charge is 0.255 e. The highest BCUT2D eigenvalue weighted by atomic mass is 32.1. The maximum Gasteiger partial charge on any atom is 0.255 e. The van der Waals surface area contributed by atoms with E-state index in [0.29, 0.717) is 12.1 Å². The van der Waals surface area contributed by atoms with Gasteiger partial charge in [0, 0.05) is 6.54 Å². The van der Waals surface area contributed by atoms with Crippen LogP contribution in [0.25, 0.3) is 0 Å². The predicted octanol–water partition coefficient (Wildman–Crippen LogP) is 3.00. The Bertz CT molecular complexity index is 575. The van der Waals surface area contributed by atoms with Crippen molar-refractivity contribution in [2.75, 3.05) is 0 Å². The summed E-state index contributed by atoms with van der Waals surface area (Å²) < 4.78 is 0. The highest BCUT2D eigenvalue weighted by Gasteiger charge is 2.11. The van der Waals surface area contributed by atoms with Crippen LogP contribution in [0.3, 0.4) is 0 Å². The van der Waals surface area contributed by atoms with Gasteiger partial charge in [0.1, 0.15) is 5.75 Å². The van der Waals surface area contributed by atoms with Gasteiger partial charge < -0.3 is 10.4 Å². The molecule has 0 spiro atoms. The maximum atomic E-state index is 11.9. The van der Waals surface area contributed by atoms with Gasteiger partial charge in [-0.15, -0.1) is 0 Å². The van der Waals surface area contributed by atoms with Gasteiger partial charge in [0.05, 0.1) is 5.56 Å². The van der Waals surface area contributed by atoms with Crippen molar-refractivity contribution >= 4 is 17.2 Å². The molecule has 2 aromatic rings. The third-order valence-corrected chi connectivity index (χ3v) is 3.71. The van der Waals surface area contributed by atoms with E-state index in [1.165, 1.54) is 5.56 Å². The number of carbonyl (C=O) groups is 1. The van der Waals surface area contributed by atoms with Crippen LogP contribution in [0.4, 0.5) is 0 Å². The number of rotatable bonds is 3. The standard InChI is InChI=1S/C14H15NO2S/c1-9-3-4-12(13(16)5-9)14(17)15-6-11-8-18-7-10(11)2/h3-5,7-8,16H,6H2,1-2H3,(H,15,17). The highest BCUT2D eigenvalue weighted by molar-refractivity contribution is 7.08. The summed E-state index contributed by atoms with van der Waals surface area (Å²) in [4.78, 5) is 11.9. The van der Waals surface area contributed by atoms with Crippen molar-refractivity contribution < 1.29 is 9.90 Å². The first-order chi connectivity index (χ1) is 8.58. The monoisotopic (exact) mass is 261 g/mol. The summed E-state index contributed by atoms with van der Waals surface area (Å²) in [6.07, 6.45) is 0. The molecule has 1 aromatic heterocycles. The fourth-order valence-corrected chi connectivity index (χ4v) is 2.53. The maximum absolute atomic E-state index is 11.9. The van der Waals surface area contributed by atoms with Crippen molar-refractivity contribution in [3.05, 3.63) is 51.2 Å². The van der Waals surface area contributed by atoms with E-state index in [0.717, 1.165) is 11.1 Å². The topological polar surface area (TPSA) is 49.3 Å². The first-order valence-electron chi connectivity index (χ1n) is 5.67. The number of nitrogens with one attached hydrogen (secondary N) is 1. The number of aromatic hydroxyl groups is 1. The molecule has 0 bridgehead atoms. The van der Waals surface area contributed by atoms with Gasteiger partial charge in [0.2, 0.25) is 0 Å². The van der Waals surface area contributed by atoms with Crippen LogP contribution in [0.5, 0.6) is 5.75 Å². The Labute approximate surface area is 110 Å². The Hall–Kier alpha value is -1.81. The molecule has 0 saturated carbocycles. The number of hydrogen-bond acceptors (Lipinski definition) is 3. The van der Waals surface area contributed by atoms with Crippen molar-refractivity contribution in [1.82, 2.24) is 5.32 Å². The van der Waals surface area contributed by atoms with E-state index in [2.05, 4.69) is 5.32 Å². The van der Waals surface area contributed by atoms with E-state index in [-0.39, 0.29) is 11.7 Å². The molecular formula is C14H15NO2S. The molecule has 0 unspecified atom stereocenters. The summed E-state index contributed by atoms with van der Waals surface area (Å²) in [6, 6.07) is 5.04. The van der Waals surface area contributed by atoms with Crippen LogP contribution >= 0.6 is 11.3 Å². The summed E-state index contributed by atoms with van der Waals surface area (Å²) in [5.74, 6) is -0.229. The molecule has 1 amide bonds. The Balaban J connectivity index is 2.06. The molecule has 2 N–H and O–H groups in total. The lowest BCUT2D eigenvalue weighted by Gasteiger charge is -2.07. The zero-order chi connectivity index (χ0) is 13.1. The van der Waals surface area contributed by atoms with E-state index in [1.807, 2.05) is 30.7 Å². The van der Waals surface area contributed by atoms with Crippen LogP contribution < -0.4 is 5.32 Å². The number of amides is 1. The molecule has 0 saturated heterocycles. The van der Waals surface area contributed by atoms with Crippen molar-refractivity contribution in [3.8, 4) is 5.75 Å². The minimum Gasteiger partial charge on any atom is -0.507 e. The van der Waals surface area contributed by atoms with Gasteiger partial charge in [-0.3, -0.25) is 4.79 Å². The summed E-state index contributed by atoms with van der Waals surface area (Å²) >= 11 is 1.62. The number of carbonyl (C=O) groups excluding carboxylic acids is 1. The lowest BCUT2D eigenvalue weighted by atomic mass is 10.1. The minimum absolute atomic E-state index is 0.0227. The first-order valence-corrected chi connectivity index (χ1v) is 6.61. The van der Waals surface area contributed by atoms with Gasteiger partial charge in [0.25, 0.3) is 5.91 Å². The van der Waals surface area contributed by atoms with E-state index < -0.39 is 0 Å². The molecule has 4 heteroatoms. The number of phenols is 1. The van der Waals surface area contributed by atoms with Gasteiger partial charge in [-0.2, -0.15) is 11.3 Å². The highest BCUT2D eigenvalue weighted by Crippen LogP contribution is 2.19. The average Bonchev–Trinajstić information content (AvgIpc) is 2.72. The van der Waals surface area contributed by atoms with Crippen LogP contribution in [0, 0.1) is 13.8 Å². The van der Waals surface area contributed by atoms with E-state index >= 15 is 0 Å². The van der Waals surface area contributed by atoms with Crippen LogP contribution in [0.15, 0.2) is 29.0 Å². The molecule has 0 aliphatic carbocycles. The normalized spacial score (nSPS) is 10.3. The van der Waals surface area contributed by atoms with E-state index in [1.54, 1.807) is 23.5 Å². The molecule has 3 nitrogen and oxygen atoms in total. The minimum atomic E-state index is -0.252. The second kappa shape index (κ2) is 5.23. The third kappa shape index (κ3) is 2.71. The summed E-state index contributed by atoms with van der Waals surface area (Å²) in [6.45, 7) is 4.37. The van der Waals surface area contributed by atoms with E-state index in [4.69, 9.17) is 0 Å². The molecule has 18 heavy (non-hydrogen) atoms. The average molecular weight is 261 g/mol. The fourth-order valence-electron chi connectivity index (χ4n) is 1.67. The zero-order valence-corrected chi connectivity index (χ0v) is 11.2. The van der Waals surface area contributed by atoms with Crippen molar-refractivity contribution in [3.63, 3.8) is 0 Å². The number of hydrogen-bond donors (Lipinski definition) is 2. The van der Waals surface area contributed by atoms with Crippen molar-refractivity contribution in [1.29, 1.82) is 0 Å². The third-order valence-electron chi connectivity index (χ3n) is 2.80. The Kier molecular flexibility index (Phi) is 3.67. The molecule has 1 heterocycles. The molecule has 1 aromatic carbocycles. The molecule has 2 rings (SSSR count). The summed E-state index contributed by atoms with van der Waals surface area (Å²) in [7, 11) is 0. The quantitative estimate of drug-likeness (QED) is 0.892. The molecule has 0 fully saturated rings. The molecule has 0 atom stereocenters. The van der Waals surface area contributed by atoms with Gasteiger partial charge >= 0.3 is 0 Å². The number of phenolic OH excluding ortho intramolecular Hbond substituents is 1. The zero-order valence-electron chi connectivity index (χ0n) is 10.4. The van der Waals surface area contributed by atoms with Crippen molar-refractivity contribution in [2.24, 2.45) is 0 Å². The molecule has 94 valence electrons. The first kappa shape index (κ1) is 12.6. The number of thiophene rings is 1. The fraction of sp³-hybridized carbons (Fsp3) is 0.214. The molecular weight excluding hydrogens is 246 g/mol. The van der Waals surface area contributed by atoms with Crippen LogP contribution in [-0.2, 0) is 6.54 Å². The van der Waals surface area contributed by atoms with Crippen LogP contribution in [0.1, 0.15) is 27.0 Å². The predicted molar refractivity (Wildman–Crippen MR) is 73.1 cm³/mol. The molecule has 0 aliphatic rings. The van der Waals surface area contributed by atoms with Gasteiger partial charge in [-0.1, -0.05) is 6.07 Å².